The topological polar surface area (TPSA) is 70.1 Å². The average Bonchev–Trinajstić information content (AvgIpc) is 3.15. The summed E-state index contributed by atoms with van der Waals surface area (Å²) in [7, 11) is 1.91. The fraction of sp³-hybridized carbons (Fsp3) is 0.500. The molecule has 3 aromatic rings. The molecule has 3 aromatic heterocycles. The summed E-state index contributed by atoms with van der Waals surface area (Å²) in [5, 5.41) is 5.37. The second-order valence-electron chi connectivity index (χ2n) is 8.89. The molecular weight excluding hydrogens is 402 g/mol. The number of carbonyl (C=O) groups is 1. The van der Waals surface area contributed by atoms with E-state index in [4.69, 9.17) is 0 Å². The van der Waals surface area contributed by atoms with Gasteiger partial charge in [0.25, 0.3) is 5.92 Å². The number of carbonyl (C=O) groups excluding carboxylic acids is 1. The van der Waals surface area contributed by atoms with Crippen LogP contribution in [0.4, 0.5) is 14.5 Å². The molecule has 164 valence electrons. The van der Waals surface area contributed by atoms with Crippen molar-refractivity contribution in [1.82, 2.24) is 24.6 Å². The molecule has 0 radical (unpaired) electrons. The third-order valence-corrected chi connectivity index (χ3v) is 6.67. The van der Waals surface area contributed by atoms with Crippen LogP contribution in [0.5, 0.6) is 0 Å². The number of fused-ring (bicyclic) bond motifs is 3. The van der Waals surface area contributed by atoms with Gasteiger partial charge in [-0.05, 0) is 25.0 Å². The molecule has 1 aliphatic carbocycles. The van der Waals surface area contributed by atoms with Gasteiger partial charge in [0, 0.05) is 73.6 Å². The Morgan fingerprint density at radius 1 is 1.26 bits per heavy atom. The quantitative estimate of drug-likeness (QED) is 0.649. The number of H-pyrrole nitrogens is 1. The molecule has 0 spiro atoms. The maximum Gasteiger partial charge on any atom is 0.251 e. The maximum absolute atomic E-state index is 11.5. The van der Waals surface area contributed by atoms with Crippen LogP contribution in [-0.4, -0.2) is 62.2 Å². The zero-order chi connectivity index (χ0) is 21.8. The van der Waals surface area contributed by atoms with E-state index in [1.54, 1.807) is 11.6 Å². The lowest BCUT2D eigenvalue weighted by atomic mass is 10.1. The third kappa shape index (κ3) is 3.66. The molecule has 5 heterocycles. The van der Waals surface area contributed by atoms with E-state index in [0.717, 1.165) is 54.6 Å². The van der Waals surface area contributed by atoms with Gasteiger partial charge in [-0.1, -0.05) is 6.92 Å². The average molecular weight is 428 g/mol. The summed E-state index contributed by atoms with van der Waals surface area (Å²) in [5.41, 5.74) is 4.16. The minimum absolute atomic E-state index is 0.104. The van der Waals surface area contributed by atoms with E-state index in [0.29, 0.717) is 12.1 Å². The van der Waals surface area contributed by atoms with E-state index >= 15 is 0 Å². The summed E-state index contributed by atoms with van der Waals surface area (Å²) < 4.78 is 24.8. The number of anilines is 1. The van der Waals surface area contributed by atoms with Gasteiger partial charge < -0.3 is 14.8 Å². The highest BCUT2D eigenvalue weighted by Crippen LogP contribution is 2.47. The van der Waals surface area contributed by atoms with Crippen molar-refractivity contribution >= 4 is 23.1 Å². The zero-order valence-corrected chi connectivity index (χ0v) is 17.6. The number of pyridine rings is 1. The number of hydrogen-bond acceptors (Lipinski definition) is 4. The highest BCUT2D eigenvalue weighted by atomic mass is 19.3. The molecule has 31 heavy (non-hydrogen) atoms. The molecule has 7 nitrogen and oxygen atoms in total. The lowest BCUT2D eigenvalue weighted by Gasteiger charge is -2.40. The standard InChI is InChI=1S/C18H20N6O.C4H6F2/c1-22-8-12(7-20-22)16-6-15-17(4-5-19-18(15)21-16)23-9-13-2-3-14(10-23)24(13)11-25;1-3-2-4(3,5)6/h4-8,11,13-14H,2-3,9-10H2,1H3,(H,19,21);3H,2H2,1H3. The van der Waals surface area contributed by atoms with Crippen LogP contribution in [0, 0.1) is 5.92 Å². The fourth-order valence-electron chi connectivity index (χ4n) is 4.66. The van der Waals surface area contributed by atoms with E-state index in [2.05, 4.69) is 32.1 Å². The van der Waals surface area contributed by atoms with Gasteiger partial charge in [0.15, 0.2) is 0 Å². The summed E-state index contributed by atoms with van der Waals surface area (Å²) in [6, 6.07) is 4.90. The van der Waals surface area contributed by atoms with Crippen molar-refractivity contribution in [1.29, 1.82) is 0 Å². The Hall–Kier alpha value is -2.97. The molecule has 3 unspecified atom stereocenters. The molecule has 2 bridgehead atoms. The summed E-state index contributed by atoms with van der Waals surface area (Å²) >= 11 is 0. The van der Waals surface area contributed by atoms with Crippen LogP contribution < -0.4 is 4.90 Å². The first-order valence-electron chi connectivity index (χ1n) is 10.7. The van der Waals surface area contributed by atoms with Crippen LogP contribution in [0.25, 0.3) is 22.3 Å². The SMILES string of the molecule is CC1CC1(F)F.Cn1cc(-c2cc3c(N4CC5CCC(C4)N5C=O)ccnc3[nH]2)cn1. The predicted molar refractivity (Wildman–Crippen MR) is 114 cm³/mol. The van der Waals surface area contributed by atoms with Crippen LogP contribution >= 0.6 is 0 Å². The minimum atomic E-state index is -2.29. The lowest BCUT2D eigenvalue weighted by molar-refractivity contribution is -0.121. The number of piperazine rings is 1. The fourth-order valence-corrected chi connectivity index (χ4v) is 4.66. The van der Waals surface area contributed by atoms with E-state index in [1.807, 2.05) is 30.5 Å². The monoisotopic (exact) mass is 428 g/mol. The van der Waals surface area contributed by atoms with Gasteiger partial charge in [-0.25, -0.2) is 13.8 Å². The van der Waals surface area contributed by atoms with E-state index < -0.39 is 5.92 Å². The molecular formula is C22H26F2N6O. The van der Waals surface area contributed by atoms with Crippen molar-refractivity contribution in [3.05, 3.63) is 30.7 Å². The Morgan fingerprint density at radius 2 is 1.94 bits per heavy atom. The van der Waals surface area contributed by atoms with Crippen LogP contribution in [-0.2, 0) is 11.8 Å². The molecule has 0 aromatic carbocycles. The Bertz CT molecular complexity index is 1090. The number of rotatable bonds is 3. The maximum atomic E-state index is 11.5. The molecule has 3 atom stereocenters. The van der Waals surface area contributed by atoms with Crippen LogP contribution in [0.1, 0.15) is 26.2 Å². The second kappa shape index (κ2) is 7.32. The number of nitrogens with zero attached hydrogens (tertiary/aromatic N) is 5. The zero-order valence-electron chi connectivity index (χ0n) is 17.6. The van der Waals surface area contributed by atoms with Crippen molar-refractivity contribution in [3.8, 4) is 11.3 Å². The number of alkyl halides is 2. The van der Waals surface area contributed by atoms with Crippen molar-refractivity contribution < 1.29 is 13.6 Å². The first kappa shape index (κ1) is 20.0. The number of hydrogen-bond donors (Lipinski definition) is 1. The molecule has 1 N–H and O–H groups in total. The smallest absolute Gasteiger partial charge is 0.251 e. The van der Waals surface area contributed by atoms with Crippen LogP contribution in [0.3, 0.4) is 0 Å². The molecule has 2 aliphatic heterocycles. The molecule has 1 amide bonds. The third-order valence-electron chi connectivity index (χ3n) is 6.67. The van der Waals surface area contributed by atoms with Crippen LogP contribution in [0.2, 0.25) is 0 Å². The van der Waals surface area contributed by atoms with E-state index in [1.165, 1.54) is 5.69 Å². The second-order valence-corrected chi connectivity index (χ2v) is 8.89. The number of nitrogens with one attached hydrogen (secondary N) is 1. The van der Waals surface area contributed by atoms with Crippen molar-refractivity contribution in [2.45, 2.75) is 44.2 Å². The summed E-state index contributed by atoms with van der Waals surface area (Å²) in [5.74, 6) is -2.63. The number of amides is 1. The number of halogens is 2. The minimum Gasteiger partial charge on any atom is -0.367 e. The predicted octanol–water partition coefficient (Wildman–Crippen LogP) is 3.43. The van der Waals surface area contributed by atoms with Gasteiger partial charge in [0.1, 0.15) is 5.65 Å². The van der Waals surface area contributed by atoms with E-state index in [9.17, 15) is 13.6 Å². The van der Waals surface area contributed by atoms with Gasteiger partial charge >= 0.3 is 0 Å². The Kier molecular flexibility index (Phi) is 4.71. The van der Waals surface area contributed by atoms with E-state index in [-0.39, 0.29) is 12.3 Å². The summed E-state index contributed by atoms with van der Waals surface area (Å²) in [6.45, 7) is 3.34. The molecule has 2 saturated heterocycles. The largest absolute Gasteiger partial charge is 0.367 e. The van der Waals surface area contributed by atoms with Crippen molar-refractivity contribution in [2.24, 2.45) is 13.0 Å². The summed E-state index contributed by atoms with van der Waals surface area (Å²) in [6.07, 6.45) is 9.03. The van der Waals surface area contributed by atoms with Gasteiger partial charge in [-0.2, -0.15) is 5.10 Å². The highest BCUT2D eigenvalue weighted by Gasteiger charge is 2.53. The van der Waals surface area contributed by atoms with Gasteiger partial charge in [0.05, 0.1) is 11.9 Å². The first-order chi connectivity index (χ1) is 14.9. The van der Waals surface area contributed by atoms with Gasteiger partial charge in [-0.3, -0.25) is 9.48 Å². The normalized spacial score (nSPS) is 26.0. The number of aromatic nitrogens is 4. The van der Waals surface area contributed by atoms with Crippen LogP contribution in [0.15, 0.2) is 30.7 Å². The Balaban J connectivity index is 0.000000296. The molecule has 9 heteroatoms. The number of aryl methyl sites for hydroxylation is 1. The number of aromatic amines is 1. The van der Waals surface area contributed by atoms with Gasteiger partial charge in [0.2, 0.25) is 6.41 Å². The Morgan fingerprint density at radius 3 is 2.48 bits per heavy atom. The first-order valence-corrected chi connectivity index (χ1v) is 10.7. The molecule has 3 aliphatic rings. The molecule has 1 saturated carbocycles. The Labute approximate surface area is 179 Å². The lowest BCUT2D eigenvalue weighted by Crippen LogP contribution is -2.53. The molecule has 3 fully saturated rings. The van der Waals surface area contributed by atoms with Crippen molar-refractivity contribution in [2.75, 3.05) is 18.0 Å². The summed E-state index contributed by atoms with van der Waals surface area (Å²) in [4.78, 5) is 23.6. The highest BCUT2D eigenvalue weighted by molar-refractivity contribution is 5.93. The molecule has 6 rings (SSSR count). The van der Waals surface area contributed by atoms with Gasteiger partial charge in [-0.15, -0.1) is 0 Å². The van der Waals surface area contributed by atoms with Crippen molar-refractivity contribution in [3.63, 3.8) is 0 Å².